The van der Waals surface area contributed by atoms with Crippen LogP contribution in [0.1, 0.15) is 129 Å². The van der Waals surface area contributed by atoms with E-state index >= 15 is 0 Å². The van der Waals surface area contributed by atoms with Crippen molar-refractivity contribution in [3.8, 4) is 0 Å². The van der Waals surface area contributed by atoms with Gasteiger partial charge in [0.2, 0.25) is 5.82 Å². The van der Waals surface area contributed by atoms with Crippen LogP contribution in [0.3, 0.4) is 0 Å². The Morgan fingerprint density at radius 2 is 1.51 bits per heavy atom. The number of H-pyrrole nitrogens is 1. The number of nitrogens with one attached hydrogen (secondary N) is 1. The normalized spacial score (nSPS) is 19.7. The van der Waals surface area contributed by atoms with Crippen molar-refractivity contribution in [1.29, 1.82) is 0 Å². The van der Waals surface area contributed by atoms with Crippen LogP contribution in [0.15, 0.2) is 15.8 Å². The zero-order valence-electron chi connectivity index (χ0n) is 23.6. The van der Waals surface area contributed by atoms with Gasteiger partial charge in [0.25, 0.3) is 5.56 Å². The van der Waals surface area contributed by atoms with Gasteiger partial charge in [0.1, 0.15) is 12.3 Å². The smallest absolute Gasteiger partial charge is 0.330 e. The molecule has 1 unspecified atom stereocenters. The minimum Gasteiger partial charge on any atom is -0.451 e. The highest BCUT2D eigenvalue weighted by molar-refractivity contribution is 5.86. The SMILES string of the molecule is CCCCCCCCCC(=O)OC(C(=O)CCCCCCCCC)[C@H]1O[C@@H](n2cc(F)c(=O)[nH]c2=O)C[C@@H]1O. The Labute approximate surface area is 230 Å². The molecule has 0 spiro atoms. The van der Waals surface area contributed by atoms with Gasteiger partial charge in [-0.1, -0.05) is 90.9 Å². The largest absolute Gasteiger partial charge is 0.451 e. The first-order valence-corrected chi connectivity index (χ1v) is 14.8. The van der Waals surface area contributed by atoms with Gasteiger partial charge in [0.15, 0.2) is 11.9 Å². The number of nitrogens with zero attached hydrogens (tertiary/aromatic N) is 1. The Morgan fingerprint density at radius 1 is 0.974 bits per heavy atom. The first kappa shape index (κ1) is 32.9. The minimum atomic E-state index is -1.33. The van der Waals surface area contributed by atoms with Crippen LogP contribution in [0.2, 0.25) is 0 Å². The van der Waals surface area contributed by atoms with Crippen molar-refractivity contribution in [3.63, 3.8) is 0 Å². The number of ketones is 1. The molecule has 9 nitrogen and oxygen atoms in total. The summed E-state index contributed by atoms with van der Waals surface area (Å²) >= 11 is 0. The number of rotatable bonds is 20. The first-order valence-electron chi connectivity index (χ1n) is 14.8. The number of halogens is 1. The van der Waals surface area contributed by atoms with Crippen molar-refractivity contribution in [2.24, 2.45) is 0 Å². The van der Waals surface area contributed by atoms with Crippen LogP contribution < -0.4 is 11.2 Å². The molecule has 39 heavy (non-hydrogen) atoms. The number of unbranched alkanes of at least 4 members (excludes halogenated alkanes) is 12. The Balaban J connectivity index is 2.01. The van der Waals surface area contributed by atoms with Crippen molar-refractivity contribution in [1.82, 2.24) is 9.55 Å². The topological polar surface area (TPSA) is 128 Å². The van der Waals surface area contributed by atoms with E-state index in [2.05, 4.69) is 13.8 Å². The molecule has 0 bridgehead atoms. The predicted molar refractivity (Wildman–Crippen MR) is 146 cm³/mol. The molecule has 1 saturated heterocycles. The quantitative estimate of drug-likeness (QED) is 0.170. The summed E-state index contributed by atoms with van der Waals surface area (Å²) in [6.07, 6.45) is 10.4. The standard InChI is InChI=1S/C29H47FN2O7/c1-3-5-7-9-11-13-15-17-22(33)26(39-25(35)18-16-14-12-10-8-6-4-2)27-23(34)19-24(38-27)32-20-21(30)28(36)31-29(32)37/h20,23-24,26-27,34H,3-19H2,1-2H3,(H,31,36,37)/t23-,24+,26?,27-/m0/s1. The molecule has 1 aliphatic heterocycles. The fourth-order valence-corrected chi connectivity index (χ4v) is 4.94. The monoisotopic (exact) mass is 554 g/mol. The lowest BCUT2D eigenvalue weighted by atomic mass is 9.99. The number of esters is 1. The van der Waals surface area contributed by atoms with Gasteiger partial charge >= 0.3 is 11.7 Å². The average Bonchev–Trinajstić information content (AvgIpc) is 3.28. The van der Waals surface area contributed by atoms with Gasteiger partial charge < -0.3 is 14.6 Å². The molecule has 0 saturated carbocycles. The van der Waals surface area contributed by atoms with Crippen LogP contribution >= 0.6 is 0 Å². The molecule has 0 amide bonds. The molecule has 1 aliphatic rings. The van der Waals surface area contributed by atoms with Crippen LogP contribution in [0.5, 0.6) is 0 Å². The molecule has 10 heteroatoms. The summed E-state index contributed by atoms with van der Waals surface area (Å²) in [5, 5.41) is 10.7. The maximum Gasteiger partial charge on any atom is 0.330 e. The molecule has 1 aromatic rings. The second-order valence-electron chi connectivity index (χ2n) is 10.6. The summed E-state index contributed by atoms with van der Waals surface area (Å²) in [6, 6.07) is 0. The summed E-state index contributed by atoms with van der Waals surface area (Å²) in [6.45, 7) is 4.31. The summed E-state index contributed by atoms with van der Waals surface area (Å²) in [5.74, 6) is -2.06. The van der Waals surface area contributed by atoms with Gasteiger partial charge in [-0.3, -0.25) is 23.9 Å². The second-order valence-corrected chi connectivity index (χ2v) is 10.6. The van der Waals surface area contributed by atoms with E-state index in [1.807, 2.05) is 4.98 Å². The molecule has 1 aromatic heterocycles. The summed E-state index contributed by atoms with van der Waals surface area (Å²) in [5.41, 5.74) is -2.06. The summed E-state index contributed by atoms with van der Waals surface area (Å²) < 4.78 is 26.0. The zero-order valence-corrected chi connectivity index (χ0v) is 23.6. The average molecular weight is 555 g/mol. The molecular weight excluding hydrogens is 507 g/mol. The highest BCUT2D eigenvalue weighted by atomic mass is 19.1. The van der Waals surface area contributed by atoms with E-state index < -0.39 is 47.6 Å². The molecule has 0 aromatic carbocycles. The number of aromatic amines is 1. The van der Waals surface area contributed by atoms with Crippen LogP contribution in [0.25, 0.3) is 0 Å². The number of aliphatic hydroxyl groups is 1. The molecule has 2 heterocycles. The first-order chi connectivity index (χ1) is 18.8. The molecule has 0 radical (unpaired) electrons. The lowest BCUT2D eigenvalue weighted by molar-refractivity contribution is -0.169. The molecule has 2 N–H and O–H groups in total. The van der Waals surface area contributed by atoms with Crippen molar-refractivity contribution in [2.75, 3.05) is 0 Å². The van der Waals surface area contributed by atoms with E-state index in [0.29, 0.717) is 19.0 Å². The van der Waals surface area contributed by atoms with E-state index in [0.717, 1.165) is 55.9 Å². The van der Waals surface area contributed by atoms with Gasteiger partial charge in [-0.05, 0) is 12.8 Å². The summed E-state index contributed by atoms with van der Waals surface area (Å²) in [4.78, 5) is 51.3. The van der Waals surface area contributed by atoms with Gasteiger partial charge in [0, 0.05) is 19.3 Å². The third-order valence-electron chi connectivity index (χ3n) is 7.26. The van der Waals surface area contributed by atoms with Gasteiger partial charge in [-0.15, -0.1) is 0 Å². The van der Waals surface area contributed by atoms with E-state index in [-0.39, 0.29) is 25.0 Å². The van der Waals surface area contributed by atoms with E-state index in [1.54, 1.807) is 0 Å². The van der Waals surface area contributed by atoms with E-state index in [4.69, 9.17) is 9.47 Å². The molecule has 2 rings (SSSR count). The van der Waals surface area contributed by atoms with Crippen molar-refractivity contribution >= 4 is 11.8 Å². The lowest BCUT2D eigenvalue weighted by Gasteiger charge is -2.25. The van der Waals surface area contributed by atoms with Gasteiger partial charge in [0.05, 0.1) is 12.3 Å². The van der Waals surface area contributed by atoms with Gasteiger partial charge in [-0.2, -0.15) is 4.39 Å². The third kappa shape index (κ3) is 11.4. The lowest BCUT2D eigenvalue weighted by Crippen LogP contribution is -2.43. The summed E-state index contributed by atoms with van der Waals surface area (Å²) in [7, 11) is 0. The van der Waals surface area contributed by atoms with Crippen molar-refractivity contribution in [3.05, 3.63) is 32.9 Å². The fourth-order valence-electron chi connectivity index (χ4n) is 4.94. The second kappa shape index (κ2) is 18.1. The van der Waals surface area contributed by atoms with E-state index in [9.17, 15) is 28.7 Å². The Bertz CT molecular complexity index is 993. The number of ether oxygens (including phenoxy) is 2. The number of carbonyl (C=O) groups excluding carboxylic acids is 2. The molecule has 0 aliphatic carbocycles. The van der Waals surface area contributed by atoms with Crippen LogP contribution in [-0.4, -0.2) is 44.7 Å². The highest BCUT2D eigenvalue weighted by Crippen LogP contribution is 2.32. The third-order valence-corrected chi connectivity index (χ3v) is 7.26. The molecule has 1 fully saturated rings. The number of hydrogen-bond donors (Lipinski definition) is 2. The maximum atomic E-state index is 13.8. The molecular formula is C29H47FN2O7. The van der Waals surface area contributed by atoms with Crippen molar-refractivity contribution in [2.45, 2.75) is 148 Å². The van der Waals surface area contributed by atoms with Crippen LogP contribution in [0, 0.1) is 5.82 Å². The number of aliphatic hydroxyl groups excluding tert-OH is 1. The molecule has 222 valence electrons. The highest BCUT2D eigenvalue weighted by Gasteiger charge is 2.45. The van der Waals surface area contributed by atoms with Crippen molar-refractivity contribution < 1.29 is 28.6 Å². The minimum absolute atomic E-state index is 0.132. The number of hydrogen-bond acceptors (Lipinski definition) is 7. The maximum absolute atomic E-state index is 13.8. The number of aromatic nitrogens is 2. The number of Topliss-reactive ketones (excluding diaryl/α,β-unsaturated/α-hetero) is 1. The Kier molecular flexibility index (Phi) is 15.3. The van der Waals surface area contributed by atoms with Crippen LogP contribution in [0.4, 0.5) is 4.39 Å². The zero-order chi connectivity index (χ0) is 28.6. The number of carbonyl (C=O) groups is 2. The fraction of sp³-hybridized carbons (Fsp3) is 0.793. The Morgan fingerprint density at radius 3 is 2.10 bits per heavy atom. The van der Waals surface area contributed by atoms with Crippen LogP contribution in [-0.2, 0) is 19.1 Å². The van der Waals surface area contributed by atoms with E-state index in [1.165, 1.54) is 25.7 Å². The van der Waals surface area contributed by atoms with Gasteiger partial charge in [-0.25, -0.2) is 4.79 Å². The Hall–Kier alpha value is -2.33. The predicted octanol–water partition coefficient (Wildman–Crippen LogP) is 5.09. The molecule has 4 atom stereocenters.